The van der Waals surface area contributed by atoms with Crippen LogP contribution >= 0.6 is 0 Å². The number of unbranched alkanes of at least 4 members (excludes halogenated alkanes) is 20. The lowest BCUT2D eigenvalue weighted by Gasteiger charge is -2.18. The Bertz CT molecular complexity index is 1330. The zero-order valence-electron chi connectivity index (χ0n) is 40.5. The maximum absolute atomic E-state index is 12.8. The van der Waals surface area contributed by atoms with Crippen molar-refractivity contribution in [2.45, 2.75) is 219 Å². The summed E-state index contributed by atoms with van der Waals surface area (Å²) in [5.74, 6) is -0.979. The van der Waals surface area contributed by atoms with Gasteiger partial charge in [-0.05, 0) is 89.9 Å². The topological polar surface area (TPSA) is 78.9 Å². The van der Waals surface area contributed by atoms with Gasteiger partial charge in [0.15, 0.2) is 6.10 Å². The Kier molecular flexibility index (Phi) is 47.5. The smallest absolute Gasteiger partial charge is 0.306 e. The summed E-state index contributed by atoms with van der Waals surface area (Å²) in [4.78, 5) is 38.0. The summed E-state index contributed by atoms with van der Waals surface area (Å²) in [5, 5.41) is 0. The van der Waals surface area contributed by atoms with Crippen molar-refractivity contribution >= 4 is 17.9 Å². The van der Waals surface area contributed by atoms with Crippen molar-refractivity contribution in [3.05, 3.63) is 109 Å². The third-order valence-corrected chi connectivity index (χ3v) is 10.4. The molecule has 0 fully saturated rings. The van der Waals surface area contributed by atoms with Gasteiger partial charge in [0.2, 0.25) is 0 Å². The van der Waals surface area contributed by atoms with Crippen molar-refractivity contribution in [3.8, 4) is 0 Å². The van der Waals surface area contributed by atoms with E-state index < -0.39 is 6.10 Å². The maximum atomic E-state index is 12.8. The summed E-state index contributed by atoms with van der Waals surface area (Å²) in [6.45, 7) is 6.31. The molecule has 0 aliphatic heterocycles. The van der Waals surface area contributed by atoms with Crippen LogP contribution in [0.25, 0.3) is 0 Å². The molecule has 0 aromatic heterocycles. The predicted octanol–water partition coefficient (Wildman–Crippen LogP) is 16.8. The molecule has 0 spiro atoms. The molecule has 0 aliphatic rings. The van der Waals surface area contributed by atoms with Crippen molar-refractivity contribution in [3.63, 3.8) is 0 Å². The Morgan fingerprint density at radius 2 is 0.698 bits per heavy atom. The van der Waals surface area contributed by atoms with Crippen LogP contribution in [-0.2, 0) is 28.6 Å². The molecule has 63 heavy (non-hydrogen) atoms. The number of esters is 3. The highest BCUT2D eigenvalue weighted by atomic mass is 16.6. The first-order chi connectivity index (χ1) is 31.0. The molecule has 0 bridgehead atoms. The molecule has 0 saturated carbocycles. The van der Waals surface area contributed by atoms with Crippen LogP contribution in [0.3, 0.4) is 0 Å². The van der Waals surface area contributed by atoms with Crippen molar-refractivity contribution in [2.75, 3.05) is 13.2 Å². The maximum Gasteiger partial charge on any atom is 0.306 e. The lowest BCUT2D eigenvalue weighted by atomic mass is 10.1. The summed E-state index contributed by atoms with van der Waals surface area (Å²) >= 11 is 0. The third kappa shape index (κ3) is 49.0. The number of carbonyl (C=O) groups is 3. The highest BCUT2D eigenvalue weighted by molar-refractivity contribution is 5.71. The van der Waals surface area contributed by atoms with E-state index in [1.165, 1.54) is 70.6 Å². The second-order valence-electron chi connectivity index (χ2n) is 16.5. The molecule has 6 heteroatoms. The largest absolute Gasteiger partial charge is 0.462 e. The average Bonchev–Trinajstić information content (AvgIpc) is 3.28. The molecule has 0 aliphatic carbocycles. The summed E-state index contributed by atoms with van der Waals surface area (Å²) in [7, 11) is 0. The first kappa shape index (κ1) is 59.1. The van der Waals surface area contributed by atoms with Gasteiger partial charge < -0.3 is 14.2 Å². The van der Waals surface area contributed by atoms with Crippen LogP contribution in [0, 0.1) is 0 Å². The van der Waals surface area contributed by atoms with Crippen LogP contribution in [0.1, 0.15) is 213 Å². The van der Waals surface area contributed by atoms with E-state index in [4.69, 9.17) is 14.2 Å². The van der Waals surface area contributed by atoms with Crippen molar-refractivity contribution in [2.24, 2.45) is 0 Å². The number of rotatable bonds is 44. The van der Waals surface area contributed by atoms with Gasteiger partial charge in [-0.3, -0.25) is 14.4 Å². The van der Waals surface area contributed by atoms with Gasteiger partial charge in [0.25, 0.3) is 0 Å². The minimum absolute atomic E-state index is 0.106. The number of allylic oxidation sites excluding steroid dienone is 18. The molecule has 0 N–H and O–H groups in total. The normalized spacial score (nSPS) is 13.0. The van der Waals surface area contributed by atoms with E-state index in [2.05, 4.69) is 69.4 Å². The highest BCUT2D eigenvalue weighted by Crippen LogP contribution is 2.13. The Hall–Kier alpha value is -3.93. The molecular formula is C57H92O6. The molecule has 0 aromatic carbocycles. The molecule has 6 nitrogen and oxygen atoms in total. The number of carbonyl (C=O) groups excluding carboxylic acids is 3. The highest BCUT2D eigenvalue weighted by Gasteiger charge is 2.19. The van der Waals surface area contributed by atoms with E-state index in [9.17, 15) is 14.4 Å². The molecule has 0 radical (unpaired) electrons. The summed E-state index contributed by atoms with van der Waals surface area (Å²) in [6.07, 6.45) is 67.8. The van der Waals surface area contributed by atoms with E-state index in [1.807, 2.05) is 60.8 Å². The number of hydrogen-bond acceptors (Lipinski definition) is 6. The van der Waals surface area contributed by atoms with Crippen LogP contribution < -0.4 is 0 Å². The first-order valence-corrected chi connectivity index (χ1v) is 25.5. The van der Waals surface area contributed by atoms with Gasteiger partial charge in [0.05, 0.1) is 0 Å². The molecule has 0 saturated heterocycles. The molecule has 0 heterocycles. The average molecular weight is 873 g/mol. The van der Waals surface area contributed by atoms with Crippen molar-refractivity contribution in [1.29, 1.82) is 0 Å². The van der Waals surface area contributed by atoms with Gasteiger partial charge in [-0.15, -0.1) is 0 Å². The molecule has 1 atom stereocenters. The second kappa shape index (κ2) is 50.7. The van der Waals surface area contributed by atoms with Crippen molar-refractivity contribution < 1.29 is 28.6 Å². The summed E-state index contributed by atoms with van der Waals surface area (Å²) < 4.78 is 16.7. The monoisotopic (exact) mass is 873 g/mol. The molecule has 1 unspecified atom stereocenters. The molecule has 0 amide bonds. The summed E-state index contributed by atoms with van der Waals surface area (Å²) in [5.41, 5.74) is 0. The predicted molar refractivity (Wildman–Crippen MR) is 270 cm³/mol. The summed E-state index contributed by atoms with van der Waals surface area (Å²) in [6, 6.07) is 0. The zero-order chi connectivity index (χ0) is 45.8. The molecule has 0 rings (SSSR count). The van der Waals surface area contributed by atoms with Crippen LogP contribution in [0.4, 0.5) is 0 Å². The first-order valence-electron chi connectivity index (χ1n) is 25.5. The molecule has 356 valence electrons. The molecule has 0 aromatic rings. The standard InChI is InChI=1S/C57H92O6/c1-4-7-10-13-16-19-22-25-28-29-30-33-35-38-41-44-47-50-56(59)62-53-54(63-57(60)51-48-45-42-39-36-32-27-24-21-18-15-12-9-6-3)52-61-55(58)49-46-43-40-37-34-31-26-23-20-17-14-11-8-5-2/h7,9-10,12-13,16,18-19,21-22,25,28-31,33-35,54H,4-6,8,11,14-15,17,20,23-24,26-27,32,36-53H2,1-3H3/b10-7-,12-9-,16-13-,21-18-,22-19-,28-25-,30-29+,34-31-,35-33-. The van der Waals surface area contributed by atoms with Crippen LogP contribution in [0.15, 0.2) is 109 Å². The molecular weight excluding hydrogens is 781 g/mol. The lowest BCUT2D eigenvalue weighted by Crippen LogP contribution is -2.30. The van der Waals surface area contributed by atoms with E-state index in [1.54, 1.807) is 0 Å². The fourth-order valence-corrected chi connectivity index (χ4v) is 6.62. The van der Waals surface area contributed by atoms with Gasteiger partial charge in [0, 0.05) is 19.3 Å². The third-order valence-electron chi connectivity index (χ3n) is 10.4. The quantitative estimate of drug-likeness (QED) is 0.0199. The van der Waals surface area contributed by atoms with Gasteiger partial charge >= 0.3 is 17.9 Å². The fourth-order valence-electron chi connectivity index (χ4n) is 6.62. The van der Waals surface area contributed by atoms with Crippen LogP contribution in [0.2, 0.25) is 0 Å². The van der Waals surface area contributed by atoms with E-state index in [0.29, 0.717) is 19.3 Å². The Morgan fingerprint density at radius 3 is 1.17 bits per heavy atom. The van der Waals surface area contributed by atoms with Gasteiger partial charge in [-0.2, -0.15) is 0 Å². The minimum atomic E-state index is -0.808. The SMILES string of the molecule is CC\C=C/C=C\C=C/C=C\C=C\C=C/CCCCCC(=O)OCC(COC(=O)CCCCC/C=C\CCCCCCCCC)OC(=O)CCCCCCCCC/C=C\C/C=C\CC. The number of ether oxygens (including phenoxy) is 3. The lowest BCUT2D eigenvalue weighted by molar-refractivity contribution is -0.167. The Labute approximate surface area is 387 Å². The minimum Gasteiger partial charge on any atom is -0.462 e. The number of hydrogen-bond donors (Lipinski definition) is 0. The van der Waals surface area contributed by atoms with Crippen LogP contribution in [-0.4, -0.2) is 37.2 Å². The Morgan fingerprint density at radius 1 is 0.349 bits per heavy atom. The zero-order valence-corrected chi connectivity index (χ0v) is 40.5. The van der Waals surface area contributed by atoms with E-state index in [-0.39, 0.29) is 31.1 Å². The Balaban J connectivity index is 4.53. The van der Waals surface area contributed by atoms with Gasteiger partial charge in [0.1, 0.15) is 13.2 Å². The van der Waals surface area contributed by atoms with E-state index in [0.717, 1.165) is 103 Å². The van der Waals surface area contributed by atoms with E-state index >= 15 is 0 Å². The van der Waals surface area contributed by atoms with Gasteiger partial charge in [-0.25, -0.2) is 0 Å². The second-order valence-corrected chi connectivity index (χ2v) is 16.5. The fraction of sp³-hybridized carbons (Fsp3) is 0.632. The van der Waals surface area contributed by atoms with Gasteiger partial charge in [-0.1, -0.05) is 214 Å². The van der Waals surface area contributed by atoms with Crippen molar-refractivity contribution in [1.82, 2.24) is 0 Å². The van der Waals surface area contributed by atoms with Crippen LogP contribution in [0.5, 0.6) is 0 Å².